The van der Waals surface area contributed by atoms with Crippen LogP contribution in [-0.2, 0) is 11.2 Å². The van der Waals surface area contributed by atoms with Crippen LogP contribution >= 0.6 is 11.3 Å². The number of carbonyl (C=O) groups is 2. The molecule has 5 heterocycles. The molecule has 0 radical (unpaired) electrons. The Morgan fingerprint density at radius 3 is 2.53 bits per heavy atom. The lowest BCUT2D eigenvalue weighted by molar-refractivity contribution is -0.192. The minimum atomic E-state index is -5.08. The van der Waals surface area contributed by atoms with Crippen molar-refractivity contribution in [1.29, 1.82) is 0 Å². The van der Waals surface area contributed by atoms with Crippen LogP contribution < -0.4 is 5.32 Å². The van der Waals surface area contributed by atoms with Crippen molar-refractivity contribution in [2.75, 3.05) is 6.54 Å². The van der Waals surface area contributed by atoms with Gasteiger partial charge in [0.05, 0.1) is 22.5 Å². The fourth-order valence-corrected chi connectivity index (χ4v) is 4.89. The van der Waals surface area contributed by atoms with Gasteiger partial charge in [-0.1, -0.05) is 18.2 Å². The van der Waals surface area contributed by atoms with Crippen LogP contribution in [0.15, 0.2) is 71.7 Å². The van der Waals surface area contributed by atoms with Gasteiger partial charge in [0.25, 0.3) is 5.91 Å². The molecule has 7 nitrogen and oxygen atoms in total. The Morgan fingerprint density at radius 1 is 1.00 bits per heavy atom. The van der Waals surface area contributed by atoms with Gasteiger partial charge in [-0.2, -0.15) is 24.5 Å². The number of aromatic amines is 1. The molecule has 1 aromatic carbocycles. The summed E-state index contributed by atoms with van der Waals surface area (Å²) >= 11 is 1.63. The number of para-hydroxylation sites is 1. The molecule has 1 aliphatic heterocycles. The lowest BCUT2D eigenvalue weighted by Gasteiger charge is -2.13. The Hall–Kier alpha value is -4.51. The number of nitrogens with one attached hydrogen (secondary N) is 2. The number of fused-ring (bicyclic) bond motifs is 2. The molecule has 0 atom stereocenters. The molecule has 0 saturated carbocycles. The van der Waals surface area contributed by atoms with Gasteiger partial charge in [0.1, 0.15) is 0 Å². The van der Waals surface area contributed by atoms with Crippen molar-refractivity contribution in [3.8, 4) is 33.6 Å². The molecule has 1 aliphatic rings. The number of pyridine rings is 2. The van der Waals surface area contributed by atoms with Crippen LogP contribution in [0.25, 0.3) is 44.5 Å². The normalized spacial score (nSPS) is 12.9. The first kappa shape index (κ1) is 25.2. The molecule has 192 valence electrons. The van der Waals surface area contributed by atoms with E-state index in [0.717, 1.165) is 62.2 Å². The summed E-state index contributed by atoms with van der Waals surface area (Å²) in [5.41, 5.74) is 8.50. The second-order valence-electron chi connectivity index (χ2n) is 8.40. The lowest BCUT2D eigenvalue weighted by Crippen LogP contribution is -2.31. The van der Waals surface area contributed by atoms with E-state index < -0.39 is 12.1 Å². The Balaban J connectivity index is 0.000000374. The van der Waals surface area contributed by atoms with E-state index in [2.05, 4.69) is 49.9 Å². The van der Waals surface area contributed by atoms with Crippen molar-refractivity contribution in [3.05, 3.63) is 82.9 Å². The number of thiophene rings is 1. The number of aliphatic carboxylic acids is 1. The van der Waals surface area contributed by atoms with E-state index in [1.165, 1.54) is 0 Å². The van der Waals surface area contributed by atoms with Crippen molar-refractivity contribution in [2.24, 2.45) is 0 Å². The highest BCUT2D eigenvalue weighted by atomic mass is 32.1. The molecule has 0 saturated heterocycles. The summed E-state index contributed by atoms with van der Waals surface area (Å²) < 4.78 is 31.7. The van der Waals surface area contributed by atoms with Gasteiger partial charge in [0, 0.05) is 53.1 Å². The molecule has 4 aromatic heterocycles. The molecule has 0 spiro atoms. The number of nitrogens with zero attached hydrogens (tertiary/aromatic N) is 2. The van der Waals surface area contributed by atoms with Gasteiger partial charge in [-0.3, -0.25) is 14.8 Å². The number of alkyl halides is 3. The van der Waals surface area contributed by atoms with E-state index in [1.54, 1.807) is 11.3 Å². The Morgan fingerprint density at radius 2 is 1.79 bits per heavy atom. The number of carboxylic acids is 1. The highest BCUT2D eigenvalue weighted by molar-refractivity contribution is 7.08. The fourth-order valence-electron chi connectivity index (χ4n) is 4.25. The molecule has 5 aromatic rings. The van der Waals surface area contributed by atoms with E-state index >= 15 is 0 Å². The van der Waals surface area contributed by atoms with Crippen molar-refractivity contribution >= 4 is 34.1 Å². The van der Waals surface area contributed by atoms with Crippen LogP contribution in [0, 0.1) is 0 Å². The number of benzene rings is 1. The quantitative estimate of drug-likeness (QED) is 0.265. The summed E-state index contributed by atoms with van der Waals surface area (Å²) in [6.07, 6.45) is -0.608. The molecule has 38 heavy (non-hydrogen) atoms. The highest BCUT2D eigenvalue weighted by Crippen LogP contribution is 2.39. The highest BCUT2D eigenvalue weighted by Gasteiger charge is 2.38. The zero-order valence-electron chi connectivity index (χ0n) is 19.5. The van der Waals surface area contributed by atoms with Gasteiger partial charge in [-0.15, -0.1) is 0 Å². The van der Waals surface area contributed by atoms with E-state index in [4.69, 9.17) is 9.90 Å². The lowest BCUT2D eigenvalue weighted by atomic mass is 9.96. The molecule has 3 N–H and O–H groups in total. The third kappa shape index (κ3) is 5.00. The van der Waals surface area contributed by atoms with E-state index in [1.807, 2.05) is 42.0 Å². The number of halogens is 3. The fraction of sp³-hybridized carbons (Fsp3) is 0.111. The molecule has 6 rings (SSSR count). The smallest absolute Gasteiger partial charge is 0.475 e. The van der Waals surface area contributed by atoms with Crippen molar-refractivity contribution < 1.29 is 27.9 Å². The van der Waals surface area contributed by atoms with Crippen LogP contribution in [0.5, 0.6) is 0 Å². The van der Waals surface area contributed by atoms with E-state index in [0.29, 0.717) is 6.54 Å². The number of amides is 1. The van der Waals surface area contributed by atoms with Crippen LogP contribution in [0.4, 0.5) is 13.2 Å². The molecule has 0 fully saturated rings. The van der Waals surface area contributed by atoms with Gasteiger partial charge in [0.15, 0.2) is 0 Å². The minimum Gasteiger partial charge on any atom is -0.475 e. The number of aromatic nitrogens is 3. The standard InChI is InChI=1S/C25H18N4OS.C2HF3O2/c30-25-23-20(6-9-27-25)29-24(22(23)17-7-10-31-14-17)16-5-8-26-21(12-16)18-11-15-3-1-2-4-19(15)28-13-18;3-2(4,5)1(6)7/h1-5,7-8,10-14,29H,6,9H2,(H,27,30);(H,6,7). The minimum absolute atomic E-state index is 0.0158. The van der Waals surface area contributed by atoms with Gasteiger partial charge >= 0.3 is 12.1 Å². The van der Waals surface area contributed by atoms with Gasteiger partial charge in [0.2, 0.25) is 0 Å². The average Bonchev–Trinajstić information content (AvgIpc) is 3.57. The van der Waals surface area contributed by atoms with Gasteiger partial charge in [-0.25, -0.2) is 4.79 Å². The summed E-state index contributed by atoms with van der Waals surface area (Å²) in [5.74, 6) is -2.77. The second-order valence-corrected chi connectivity index (χ2v) is 9.18. The maximum Gasteiger partial charge on any atom is 0.490 e. The monoisotopic (exact) mass is 536 g/mol. The van der Waals surface area contributed by atoms with Crippen LogP contribution in [0.1, 0.15) is 16.1 Å². The first-order valence-electron chi connectivity index (χ1n) is 11.4. The zero-order valence-corrected chi connectivity index (χ0v) is 20.4. The third-order valence-corrected chi connectivity index (χ3v) is 6.64. The number of rotatable bonds is 3. The molecule has 0 aliphatic carbocycles. The number of carboxylic acid groups (broad SMARTS) is 1. The maximum atomic E-state index is 12.7. The van der Waals surface area contributed by atoms with Crippen LogP contribution in [0.3, 0.4) is 0 Å². The van der Waals surface area contributed by atoms with Crippen molar-refractivity contribution in [1.82, 2.24) is 20.3 Å². The molecule has 0 bridgehead atoms. The summed E-state index contributed by atoms with van der Waals surface area (Å²) in [7, 11) is 0. The van der Waals surface area contributed by atoms with E-state index in [9.17, 15) is 18.0 Å². The van der Waals surface area contributed by atoms with E-state index in [-0.39, 0.29) is 5.91 Å². The molecule has 1 amide bonds. The number of hydrogen-bond acceptors (Lipinski definition) is 5. The predicted octanol–water partition coefficient (Wildman–Crippen LogP) is 5.94. The van der Waals surface area contributed by atoms with Gasteiger partial charge in [-0.05, 0) is 46.7 Å². The first-order valence-corrected chi connectivity index (χ1v) is 12.3. The Kier molecular flexibility index (Phi) is 6.68. The van der Waals surface area contributed by atoms with Crippen molar-refractivity contribution in [3.63, 3.8) is 0 Å². The second kappa shape index (κ2) is 10.1. The SMILES string of the molecule is O=C(O)C(F)(F)F.O=C1NCCc2[nH]c(-c3ccnc(-c4cnc5ccccc5c4)c3)c(-c3ccsc3)c21. The molecule has 0 unspecified atom stereocenters. The van der Waals surface area contributed by atoms with Crippen LogP contribution in [-0.4, -0.2) is 44.7 Å². The number of H-pyrrole nitrogens is 1. The summed E-state index contributed by atoms with van der Waals surface area (Å²) in [6.45, 7) is 0.652. The third-order valence-electron chi connectivity index (χ3n) is 5.95. The number of hydrogen-bond donors (Lipinski definition) is 3. The largest absolute Gasteiger partial charge is 0.490 e. The number of carbonyl (C=O) groups excluding carboxylic acids is 1. The zero-order chi connectivity index (χ0) is 26.9. The van der Waals surface area contributed by atoms with Gasteiger partial charge < -0.3 is 15.4 Å². The molecular formula is C27H19F3N4O3S. The predicted molar refractivity (Wildman–Crippen MR) is 138 cm³/mol. The maximum absolute atomic E-state index is 12.7. The Labute approximate surface area is 218 Å². The first-order chi connectivity index (χ1) is 18.2. The molecule has 11 heteroatoms. The Bertz CT molecular complexity index is 1650. The topological polar surface area (TPSA) is 108 Å². The average molecular weight is 537 g/mol. The van der Waals surface area contributed by atoms with Crippen LogP contribution in [0.2, 0.25) is 0 Å². The summed E-state index contributed by atoms with van der Waals surface area (Å²) in [6, 6.07) is 16.3. The summed E-state index contributed by atoms with van der Waals surface area (Å²) in [5, 5.41) is 15.3. The van der Waals surface area contributed by atoms with Crippen molar-refractivity contribution in [2.45, 2.75) is 12.6 Å². The molecular weight excluding hydrogens is 517 g/mol. The summed E-state index contributed by atoms with van der Waals surface area (Å²) in [4.78, 5) is 34.3.